The Morgan fingerprint density at radius 3 is 2.73 bits per heavy atom. The predicted octanol–water partition coefficient (Wildman–Crippen LogP) is 3.03. The Morgan fingerprint density at radius 2 is 2.18 bits per heavy atom. The van der Waals surface area contributed by atoms with Crippen LogP contribution in [0.15, 0.2) is 18.3 Å². The minimum atomic E-state index is -0.365. The molecule has 2 heteroatoms. The summed E-state index contributed by atoms with van der Waals surface area (Å²) < 4.78 is 22.8. The largest absolute Gasteiger partial charge is 0.245 e. The van der Waals surface area contributed by atoms with E-state index in [0.717, 1.165) is 0 Å². The zero-order valence-corrected chi connectivity index (χ0v) is 7.58. The first-order valence-corrected chi connectivity index (χ1v) is 3.76. The first-order chi connectivity index (χ1) is 6.25. The first kappa shape index (κ1) is 5.15. The molecule has 1 rings (SSSR count). The lowest BCUT2D eigenvalue weighted by atomic mass is 9.88. The Kier molecular flexibility index (Phi) is 1.32. The molecule has 0 spiro atoms. The van der Waals surface area contributed by atoms with E-state index in [1.54, 1.807) is 0 Å². The summed E-state index contributed by atoms with van der Waals surface area (Å²) in [7, 11) is 0. The maximum Gasteiger partial charge on any atom is 0.129 e. The van der Waals surface area contributed by atoms with Crippen LogP contribution in [-0.2, 0) is 5.41 Å². The maximum absolute atomic E-state index is 7.69. The van der Waals surface area contributed by atoms with Gasteiger partial charge in [0.2, 0.25) is 0 Å². The van der Waals surface area contributed by atoms with Crippen LogP contribution >= 0.6 is 11.6 Å². The summed E-state index contributed by atoms with van der Waals surface area (Å²) in [4.78, 5) is 3.60. The molecule has 0 amide bonds. The molecule has 1 aromatic heterocycles. The van der Waals surface area contributed by atoms with Crippen LogP contribution in [0.4, 0.5) is 0 Å². The number of halogens is 1. The van der Waals surface area contributed by atoms with Gasteiger partial charge >= 0.3 is 0 Å². The van der Waals surface area contributed by atoms with Gasteiger partial charge in [-0.15, -0.1) is 0 Å². The summed E-state index contributed by atoms with van der Waals surface area (Å²) in [6.45, 7) is 5.65. The van der Waals surface area contributed by atoms with Crippen LogP contribution < -0.4 is 0 Å². The van der Waals surface area contributed by atoms with Gasteiger partial charge in [0.25, 0.3) is 0 Å². The molecule has 0 saturated carbocycles. The standard InChI is InChI=1S/C9H12ClN/c1-9(2,3)7-4-5-11-8(10)6-7/h4-6H,1-3H3/i4D,5D,6D. The Hall–Kier alpha value is -0.560. The molecule has 0 aliphatic rings. The summed E-state index contributed by atoms with van der Waals surface area (Å²) in [6.07, 6.45) is -0.170. The lowest BCUT2D eigenvalue weighted by Crippen LogP contribution is -2.10. The number of hydrogen-bond acceptors (Lipinski definition) is 1. The molecule has 0 radical (unpaired) electrons. The molecule has 1 nitrogen and oxygen atoms in total. The van der Waals surface area contributed by atoms with Crippen LogP contribution in [0.2, 0.25) is 5.15 Å². The average Bonchev–Trinajstić information content (AvgIpc) is 1.98. The third kappa shape index (κ3) is 2.19. The lowest BCUT2D eigenvalue weighted by molar-refractivity contribution is 0.589. The maximum atomic E-state index is 7.69. The second-order valence-corrected chi connectivity index (χ2v) is 3.75. The van der Waals surface area contributed by atoms with Gasteiger partial charge in [-0.25, -0.2) is 4.98 Å². The zero-order chi connectivity index (χ0) is 11.1. The van der Waals surface area contributed by atoms with Crippen molar-refractivity contribution in [3.8, 4) is 0 Å². The fourth-order valence-electron chi connectivity index (χ4n) is 0.670. The number of aromatic nitrogens is 1. The lowest BCUT2D eigenvalue weighted by Gasteiger charge is -2.18. The summed E-state index contributed by atoms with van der Waals surface area (Å²) >= 11 is 5.70. The molecule has 0 saturated heterocycles. The Morgan fingerprint density at radius 1 is 1.55 bits per heavy atom. The summed E-state index contributed by atoms with van der Waals surface area (Å²) in [6, 6.07) is 0.0482. The fourth-order valence-corrected chi connectivity index (χ4v) is 0.807. The Bertz CT molecular complexity index is 345. The van der Waals surface area contributed by atoms with Crippen molar-refractivity contribution in [3.05, 3.63) is 29.0 Å². The van der Waals surface area contributed by atoms with Crippen molar-refractivity contribution >= 4 is 11.6 Å². The molecule has 0 fully saturated rings. The highest BCUT2D eigenvalue weighted by Gasteiger charge is 2.13. The molecule has 0 N–H and O–H groups in total. The van der Waals surface area contributed by atoms with Gasteiger partial charge in [-0.2, -0.15) is 0 Å². The van der Waals surface area contributed by atoms with Crippen molar-refractivity contribution in [2.45, 2.75) is 26.2 Å². The van der Waals surface area contributed by atoms with Gasteiger partial charge in [-0.05, 0) is 23.1 Å². The van der Waals surface area contributed by atoms with Gasteiger partial charge in [-0.1, -0.05) is 32.4 Å². The van der Waals surface area contributed by atoms with E-state index < -0.39 is 0 Å². The molecular formula is C9H12ClN. The summed E-state index contributed by atoms with van der Waals surface area (Å²) in [5.74, 6) is 0. The van der Waals surface area contributed by atoms with Gasteiger partial charge in [0.05, 0.1) is 4.11 Å². The summed E-state index contributed by atoms with van der Waals surface area (Å²) in [5, 5.41) is -0.00377. The van der Waals surface area contributed by atoms with Gasteiger partial charge in [0.1, 0.15) is 5.15 Å². The highest BCUT2D eigenvalue weighted by atomic mass is 35.5. The van der Waals surface area contributed by atoms with E-state index in [-0.39, 0.29) is 28.8 Å². The third-order valence-electron chi connectivity index (χ3n) is 1.31. The Labute approximate surface area is 76.6 Å². The first-order valence-electron chi connectivity index (χ1n) is 4.89. The monoisotopic (exact) mass is 172 g/mol. The van der Waals surface area contributed by atoms with Gasteiger partial charge in [-0.3, -0.25) is 0 Å². The van der Waals surface area contributed by atoms with E-state index in [1.165, 1.54) is 0 Å². The second-order valence-electron chi connectivity index (χ2n) is 3.39. The van der Waals surface area contributed by atoms with Gasteiger partial charge < -0.3 is 0 Å². The number of pyridine rings is 1. The van der Waals surface area contributed by atoms with Crippen molar-refractivity contribution in [1.82, 2.24) is 4.98 Å². The molecule has 0 atom stereocenters. The molecule has 0 bridgehead atoms. The predicted molar refractivity (Wildman–Crippen MR) is 47.9 cm³/mol. The van der Waals surface area contributed by atoms with Crippen LogP contribution in [-0.4, -0.2) is 4.98 Å². The highest BCUT2D eigenvalue weighted by molar-refractivity contribution is 6.29. The molecule has 11 heavy (non-hydrogen) atoms. The van der Waals surface area contributed by atoms with E-state index in [0.29, 0.717) is 5.56 Å². The molecule has 0 aliphatic carbocycles. The SMILES string of the molecule is [2H]c1nc(Cl)c([2H])c(C(C)(C)C)c1[2H]. The number of rotatable bonds is 0. The van der Waals surface area contributed by atoms with Crippen LogP contribution in [0.3, 0.4) is 0 Å². The van der Waals surface area contributed by atoms with Crippen LogP contribution in [0, 0.1) is 0 Å². The van der Waals surface area contributed by atoms with Crippen LogP contribution in [0.5, 0.6) is 0 Å². The minimum absolute atomic E-state index is 0.00377. The topological polar surface area (TPSA) is 12.9 Å². The highest BCUT2D eigenvalue weighted by Crippen LogP contribution is 2.22. The molecule has 60 valence electrons. The second kappa shape index (κ2) is 2.82. The normalized spacial score (nSPS) is 15.5. The van der Waals surface area contributed by atoms with Crippen molar-refractivity contribution < 1.29 is 4.11 Å². The zero-order valence-electron chi connectivity index (χ0n) is 9.83. The number of hydrogen-bond donors (Lipinski definition) is 0. The third-order valence-corrected chi connectivity index (χ3v) is 1.49. The van der Waals surface area contributed by atoms with Crippen molar-refractivity contribution in [1.29, 1.82) is 0 Å². The molecular weight excluding hydrogens is 158 g/mol. The van der Waals surface area contributed by atoms with Crippen molar-refractivity contribution in [2.75, 3.05) is 0 Å². The van der Waals surface area contributed by atoms with E-state index in [1.807, 2.05) is 20.8 Å². The van der Waals surface area contributed by atoms with E-state index in [2.05, 4.69) is 4.98 Å². The van der Waals surface area contributed by atoms with Crippen LogP contribution in [0.25, 0.3) is 0 Å². The number of nitrogens with zero attached hydrogens (tertiary/aromatic N) is 1. The summed E-state index contributed by atoms with van der Waals surface area (Å²) in [5.41, 5.74) is 0.110. The fraction of sp³-hybridized carbons (Fsp3) is 0.444. The molecule has 1 aromatic rings. The average molecular weight is 173 g/mol. The van der Waals surface area contributed by atoms with E-state index >= 15 is 0 Å². The van der Waals surface area contributed by atoms with E-state index in [9.17, 15) is 0 Å². The minimum Gasteiger partial charge on any atom is -0.245 e. The molecule has 1 heterocycles. The van der Waals surface area contributed by atoms with E-state index in [4.69, 9.17) is 15.7 Å². The molecule has 0 aromatic carbocycles. The quantitative estimate of drug-likeness (QED) is 0.549. The molecule has 0 aliphatic heterocycles. The van der Waals surface area contributed by atoms with Crippen LogP contribution in [0.1, 0.15) is 30.4 Å². The van der Waals surface area contributed by atoms with Gasteiger partial charge in [0, 0.05) is 6.17 Å². The van der Waals surface area contributed by atoms with Crippen molar-refractivity contribution in [2.24, 2.45) is 0 Å². The Balaban J connectivity index is 3.56. The van der Waals surface area contributed by atoms with Crippen molar-refractivity contribution in [3.63, 3.8) is 0 Å². The van der Waals surface area contributed by atoms with Gasteiger partial charge in [0.15, 0.2) is 0 Å². The smallest absolute Gasteiger partial charge is 0.129 e. The molecule has 0 unspecified atom stereocenters.